The molecule has 0 aliphatic heterocycles. The zero-order valence-electron chi connectivity index (χ0n) is 11.6. The number of aromatic amines is 1. The van der Waals surface area contributed by atoms with Gasteiger partial charge in [-0.3, -0.25) is 0 Å². The number of aromatic nitrogens is 1. The zero-order valence-corrected chi connectivity index (χ0v) is 11.6. The van der Waals surface area contributed by atoms with Gasteiger partial charge < -0.3 is 20.5 Å². The average Bonchev–Trinajstić information content (AvgIpc) is 2.91. The van der Waals surface area contributed by atoms with Crippen LogP contribution >= 0.6 is 0 Å². The number of fused-ring (bicyclic) bond motifs is 1. The Morgan fingerprint density at radius 1 is 1.00 bits per heavy atom. The van der Waals surface area contributed by atoms with Crippen molar-refractivity contribution < 1.29 is 10.2 Å². The van der Waals surface area contributed by atoms with Crippen LogP contribution in [0, 0.1) is 0 Å². The Hall–Kier alpha value is -2.46. The number of hydrogen-bond acceptors (Lipinski definition) is 3. The van der Waals surface area contributed by atoms with E-state index in [0.717, 1.165) is 24.0 Å². The number of H-pyrrole nitrogens is 1. The van der Waals surface area contributed by atoms with E-state index in [1.165, 1.54) is 17.0 Å². The lowest BCUT2D eigenvalue weighted by molar-refractivity contribution is 0.403. The van der Waals surface area contributed by atoms with Crippen LogP contribution in [0.2, 0.25) is 0 Å². The lowest BCUT2D eigenvalue weighted by Crippen LogP contribution is -2.16. The molecule has 0 unspecified atom stereocenters. The number of hydrogen-bond donors (Lipinski definition) is 4. The highest BCUT2D eigenvalue weighted by atomic mass is 16.3. The van der Waals surface area contributed by atoms with E-state index in [-0.39, 0.29) is 11.5 Å². The van der Waals surface area contributed by atoms with Crippen molar-refractivity contribution in [1.29, 1.82) is 0 Å². The summed E-state index contributed by atoms with van der Waals surface area (Å²) in [4.78, 5) is 3.27. The molecule has 0 saturated heterocycles. The summed E-state index contributed by atoms with van der Waals surface area (Å²) in [7, 11) is 0. The molecule has 4 N–H and O–H groups in total. The molecule has 0 bridgehead atoms. The first-order chi connectivity index (χ1) is 10.2. The van der Waals surface area contributed by atoms with Crippen molar-refractivity contribution in [2.24, 2.45) is 0 Å². The molecule has 4 nitrogen and oxygen atoms in total. The minimum Gasteiger partial charge on any atom is -0.504 e. The summed E-state index contributed by atoms with van der Waals surface area (Å²) < 4.78 is 0. The van der Waals surface area contributed by atoms with Crippen LogP contribution < -0.4 is 5.32 Å². The molecule has 108 valence electrons. The first-order valence-corrected chi connectivity index (χ1v) is 7.00. The van der Waals surface area contributed by atoms with Gasteiger partial charge in [-0.15, -0.1) is 0 Å². The van der Waals surface area contributed by atoms with Gasteiger partial charge in [0.15, 0.2) is 11.5 Å². The van der Waals surface area contributed by atoms with Crippen LogP contribution in [-0.2, 0) is 13.0 Å². The molecule has 3 aromatic rings. The van der Waals surface area contributed by atoms with Gasteiger partial charge in [-0.05, 0) is 42.3 Å². The third kappa shape index (κ3) is 3.01. The third-order valence-electron chi connectivity index (χ3n) is 3.61. The smallest absolute Gasteiger partial charge is 0.157 e. The van der Waals surface area contributed by atoms with Crippen LogP contribution in [0.25, 0.3) is 10.9 Å². The van der Waals surface area contributed by atoms with Gasteiger partial charge in [-0.2, -0.15) is 0 Å². The molecular formula is C17H18N2O2. The maximum Gasteiger partial charge on any atom is 0.157 e. The summed E-state index contributed by atoms with van der Waals surface area (Å²) in [6, 6.07) is 13.2. The van der Waals surface area contributed by atoms with Crippen molar-refractivity contribution >= 4 is 10.9 Å². The summed E-state index contributed by atoms with van der Waals surface area (Å²) in [6.45, 7) is 1.51. The van der Waals surface area contributed by atoms with E-state index >= 15 is 0 Å². The Morgan fingerprint density at radius 3 is 2.71 bits per heavy atom. The predicted molar refractivity (Wildman–Crippen MR) is 83.5 cm³/mol. The second-order valence-corrected chi connectivity index (χ2v) is 5.11. The van der Waals surface area contributed by atoms with Crippen molar-refractivity contribution in [3.63, 3.8) is 0 Å². The number of para-hydroxylation sites is 1. The fourth-order valence-corrected chi connectivity index (χ4v) is 2.47. The SMILES string of the molecule is Oc1ccc(CNCCc2c[nH]c3ccccc23)cc1O. The minimum absolute atomic E-state index is 0.0778. The van der Waals surface area contributed by atoms with Crippen molar-refractivity contribution in [3.8, 4) is 11.5 Å². The van der Waals surface area contributed by atoms with E-state index in [1.807, 2.05) is 12.1 Å². The van der Waals surface area contributed by atoms with Gasteiger partial charge in [0, 0.05) is 23.6 Å². The number of nitrogens with one attached hydrogen (secondary N) is 2. The van der Waals surface area contributed by atoms with Crippen LogP contribution in [0.1, 0.15) is 11.1 Å². The van der Waals surface area contributed by atoms with Gasteiger partial charge >= 0.3 is 0 Å². The first kappa shape index (κ1) is 13.5. The van der Waals surface area contributed by atoms with E-state index in [0.29, 0.717) is 6.54 Å². The summed E-state index contributed by atoms with van der Waals surface area (Å²) in [5, 5.41) is 23.3. The Bertz CT molecular complexity index is 749. The average molecular weight is 282 g/mol. The maximum absolute atomic E-state index is 9.44. The predicted octanol–water partition coefficient (Wildman–Crippen LogP) is 2.91. The molecule has 2 aromatic carbocycles. The Labute approximate surface area is 123 Å². The molecule has 0 aliphatic carbocycles. The molecule has 0 aliphatic rings. The van der Waals surface area contributed by atoms with E-state index in [2.05, 4.69) is 28.6 Å². The molecule has 0 amide bonds. The fourth-order valence-electron chi connectivity index (χ4n) is 2.47. The number of rotatable bonds is 5. The lowest BCUT2D eigenvalue weighted by Gasteiger charge is -2.06. The van der Waals surface area contributed by atoms with E-state index in [1.54, 1.807) is 12.1 Å². The van der Waals surface area contributed by atoms with Crippen LogP contribution in [0.3, 0.4) is 0 Å². The quantitative estimate of drug-likeness (QED) is 0.429. The molecular weight excluding hydrogens is 264 g/mol. The normalized spacial score (nSPS) is 11.0. The second kappa shape index (κ2) is 5.89. The molecule has 0 saturated carbocycles. The number of phenolic OH excluding ortho intramolecular Hbond substituents is 2. The van der Waals surface area contributed by atoms with Crippen molar-refractivity contribution in [1.82, 2.24) is 10.3 Å². The Balaban J connectivity index is 1.55. The third-order valence-corrected chi connectivity index (χ3v) is 3.61. The van der Waals surface area contributed by atoms with E-state index in [9.17, 15) is 10.2 Å². The molecule has 1 heterocycles. The highest BCUT2D eigenvalue weighted by molar-refractivity contribution is 5.83. The Morgan fingerprint density at radius 2 is 1.86 bits per heavy atom. The maximum atomic E-state index is 9.44. The van der Waals surface area contributed by atoms with Crippen molar-refractivity contribution in [2.45, 2.75) is 13.0 Å². The molecule has 0 fully saturated rings. The summed E-state index contributed by atoms with van der Waals surface area (Å²) in [5.41, 5.74) is 3.41. The summed E-state index contributed by atoms with van der Waals surface area (Å²) in [5.74, 6) is -0.163. The topological polar surface area (TPSA) is 68.3 Å². The van der Waals surface area contributed by atoms with Gasteiger partial charge in [0.1, 0.15) is 0 Å². The van der Waals surface area contributed by atoms with E-state index < -0.39 is 0 Å². The summed E-state index contributed by atoms with van der Waals surface area (Å²) in [6.07, 6.45) is 2.99. The number of aromatic hydroxyl groups is 2. The van der Waals surface area contributed by atoms with Gasteiger partial charge in [0.2, 0.25) is 0 Å². The standard InChI is InChI=1S/C17H18N2O2/c20-16-6-5-12(9-17(16)21)10-18-8-7-13-11-19-15-4-2-1-3-14(13)15/h1-6,9,11,18-21H,7-8,10H2. The minimum atomic E-state index is -0.0856. The van der Waals surface area contributed by atoms with Crippen molar-refractivity contribution in [3.05, 3.63) is 59.8 Å². The van der Waals surface area contributed by atoms with Gasteiger partial charge in [-0.1, -0.05) is 24.3 Å². The molecule has 21 heavy (non-hydrogen) atoms. The molecule has 4 heteroatoms. The highest BCUT2D eigenvalue weighted by Gasteiger charge is 2.03. The van der Waals surface area contributed by atoms with Gasteiger partial charge in [0.25, 0.3) is 0 Å². The molecule has 1 aromatic heterocycles. The van der Waals surface area contributed by atoms with E-state index in [4.69, 9.17) is 0 Å². The lowest BCUT2D eigenvalue weighted by atomic mass is 10.1. The molecule has 3 rings (SSSR count). The summed E-state index contributed by atoms with van der Waals surface area (Å²) >= 11 is 0. The second-order valence-electron chi connectivity index (χ2n) is 5.11. The van der Waals surface area contributed by atoms with Crippen LogP contribution in [0.5, 0.6) is 11.5 Å². The van der Waals surface area contributed by atoms with Gasteiger partial charge in [-0.25, -0.2) is 0 Å². The molecule has 0 spiro atoms. The Kier molecular flexibility index (Phi) is 3.79. The van der Waals surface area contributed by atoms with Crippen LogP contribution in [-0.4, -0.2) is 21.7 Å². The number of phenols is 2. The van der Waals surface area contributed by atoms with Gasteiger partial charge in [0.05, 0.1) is 0 Å². The number of benzene rings is 2. The van der Waals surface area contributed by atoms with Crippen molar-refractivity contribution in [2.75, 3.05) is 6.54 Å². The fraction of sp³-hybridized carbons (Fsp3) is 0.176. The monoisotopic (exact) mass is 282 g/mol. The zero-order chi connectivity index (χ0) is 14.7. The first-order valence-electron chi connectivity index (χ1n) is 7.00. The van der Waals surface area contributed by atoms with Crippen LogP contribution in [0.4, 0.5) is 0 Å². The largest absolute Gasteiger partial charge is 0.504 e. The highest BCUT2D eigenvalue weighted by Crippen LogP contribution is 2.24. The molecule has 0 radical (unpaired) electrons. The van der Waals surface area contributed by atoms with Crippen LogP contribution in [0.15, 0.2) is 48.7 Å². The molecule has 0 atom stereocenters.